The number of anilines is 2. The standard InChI is InChI=1S/C28H24FN5OS/c1-33-10-11-34(16-28(33)35)15-18-2-5-21(23(29)12-18)19-3-6-22-24(8-9-30-25(22)13-19)32-20-4-7-27-26(14-20)31-17-36-27/h2-9,12-14,17H,10-11,15-16H2,1H3,(H,30,32). The van der Waals surface area contributed by atoms with E-state index < -0.39 is 0 Å². The first-order chi connectivity index (χ1) is 17.5. The van der Waals surface area contributed by atoms with Crippen molar-refractivity contribution in [3.05, 3.63) is 83.8 Å². The number of carbonyl (C=O) groups is 1. The highest BCUT2D eigenvalue weighted by Crippen LogP contribution is 2.32. The Hall–Kier alpha value is -3.88. The molecule has 0 aliphatic carbocycles. The highest BCUT2D eigenvalue weighted by Gasteiger charge is 2.21. The van der Waals surface area contributed by atoms with Crippen molar-refractivity contribution in [2.24, 2.45) is 0 Å². The second-order valence-electron chi connectivity index (χ2n) is 9.09. The summed E-state index contributed by atoms with van der Waals surface area (Å²) in [6, 6.07) is 19.2. The number of likely N-dealkylation sites (N-methyl/N-ethyl adjacent to an activating group) is 1. The zero-order valence-corrected chi connectivity index (χ0v) is 20.6. The molecule has 1 aliphatic heterocycles. The monoisotopic (exact) mass is 497 g/mol. The normalized spacial score (nSPS) is 14.6. The zero-order chi connectivity index (χ0) is 24.6. The van der Waals surface area contributed by atoms with Crippen LogP contribution in [0.25, 0.3) is 32.2 Å². The molecule has 1 fully saturated rings. The molecule has 2 aromatic heterocycles. The van der Waals surface area contributed by atoms with Crippen molar-refractivity contribution in [2.45, 2.75) is 6.54 Å². The Bertz CT molecular complexity index is 1600. The number of carbonyl (C=O) groups excluding carboxylic acids is 1. The van der Waals surface area contributed by atoms with E-state index in [4.69, 9.17) is 0 Å². The number of hydrogen-bond donors (Lipinski definition) is 1. The molecule has 1 saturated heterocycles. The number of rotatable bonds is 5. The van der Waals surface area contributed by atoms with E-state index in [0.29, 0.717) is 25.2 Å². The maximum Gasteiger partial charge on any atom is 0.236 e. The number of piperazine rings is 1. The third kappa shape index (κ3) is 4.41. The summed E-state index contributed by atoms with van der Waals surface area (Å²) in [6.45, 7) is 2.40. The van der Waals surface area contributed by atoms with Gasteiger partial charge in [-0.25, -0.2) is 9.37 Å². The van der Waals surface area contributed by atoms with Crippen molar-refractivity contribution in [1.29, 1.82) is 0 Å². The smallest absolute Gasteiger partial charge is 0.236 e. The van der Waals surface area contributed by atoms with Crippen LogP contribution in [0, 0.1) is 5.82 Å². The molecule has 180 valence electrons. The fraction of sp³-hybridized carbons (Fsp3) is 0.179. The van der Waals surface area contributed by atoms with E-state index in [-0.39, 0.29) is 11.7 Å². The molecule has 0 atom stereocenters. The molecule has 3 aromatic carbocycles. The molecule has 3 heterocycles. The van der Waals surface area contributed by atoms with Gasteiger partial charge in [-0.05, 0) is 47.5 Å². The van der Waals surface area contributed by atoms with Gasteiger partial charge in [-0.1, -0.05) is 24.3 Å². The first-order valence-corrected chi connectivity index (χ1v) is 12.7. The van der Waals surface area contributed by atoms with Crippen LogP contribution in [0.15, 0.2) is 72.4 Å². The lowest BCUT2D eigenvalue weighted by Gasteiger charge is -2.31. The van der Waals surface area contributed by atoms with Gasteiger partial charge in [-0.15, -0.1) is 11.3 Å². The van der Waals surface area contributed by atoms with Gasteiger partial charge >= 0.3 is 0 Å². The van der Waals surface area contributed by atoms with E-state index >= 15 is 4.39 Å². The number of aromatic nitrogens is 2. The van der Waals surface area contributed by atoms with Gasteiger partial charge in [0.1, 0.15) is 5.82 Å². The van der Waals surface area contributed by atoms with Crippen LogP contribution in [0.4, 0.5) is 15.8 Å². The van der Waals surface area contributed by atoms with Crippen molar-refractivity contribution in [3.63, 3.8) is 0 Å². The lowest BCUT2D eigenvalue weighted by Crippen LogP contribution is -2.47. The number of nitrogens with zero attached hydrogens (tertiary/aromatic N) is 4. The molecule has 5 aromatic rings. The predicted molar refractivity (Wildman–Crippen MR) is 143 cm³/mol. The van der Waals surface area contributed by atoms with Crippen LogP contribution < -0.4 is 5.32 Å². The molecular formula is C28H24FN5OS. The number of thiazole rings is 1. The highest BCUT2D eigenvalue weighted by atomic mass is 32.1. The van der Waals surface area contributed by atoms with Gasteiger partial charge in [-0.3, -0.25) is 14.7 Å². The first kappa shape index (κ1) is 22.6. The van der Waals surface area contributed by atoms with E-state index in [9.17, 15) is 4.79 Å². The zero-order valence-electron chi connectivity index (χ0n) is 19.7. The van der Waals surface area contributed by atoms with E-state index in [1.54, 1.807) is 28.5 Å². The molecule has 8 heteroatoms. The van der Waals surface area contributed by atoms with Crippen LogP contribution >= 0.6 is 11.3 Å². The van der Waals surface area contributed by atoms with Crippen molar-refractivity contribution < 1.29 is 9.18 Å². The largest absolute Gasteiger partial charge is 0.355 e. The van der Waals surface area contributed by atoms with Gasteiger partial charge in [0.05, 0.1) is 27.8 Å². The van der Waals surface area contributed by atoms with E-state index in [0.717, 1.165) is 50.2 Å². The highest BCUT2D eigenvalue weighted by molar-refractivity contribution is 7.16. The van der Waals surface area contributed by atoms with Crippen LogP contribution in [-0.2, 0) is 11.3 Å². The first-order valence-electron chi connectivity index (χ1n) is 11.8. The third-order valence-electron chi connectivity index (χ3n) is 6.64. The van der Waals surface area contributed by atoms with Crippen molar-refractivity contribution in [1.82, 2.24) is 19.8 Å². The Kier molecular flexibility index (Phi) is 5.83. The summed E-state index contributed by atoms with van der Waals surface area (Å²) in [6.07, 6.45) is 1.76. The predicted octanol–water partition coefficient (Wildman–Crippen LogP) is 5.67. The molecule has 1 amide bonds. The maximum absolute atomic E-state index is 15.2. The fourth-order valence-corrected chi connectivity index (χ4v) is 5.27. The minimum absolute atomic E-state index is 0.0968. The van der Waals surface area contributed by atoms with Crippen LogP contribution in [0.2, 0.25) is 0 Å². The second-order valence-corrected chi connectivity index (χ2v) is 9.98. The molecular weight excluding hydrogens is 473 g/mol. The molecule has 0 spiro atoms. The summed E-state index contributed by atoms with van der Waals surface area (Å²) >= 11 is 1.62. The number of benzene rings is 3. The Balaban J connectivity index is 1.24. The number of hydrogen-bond acceptors (Lipinski definition) is 6. The lowest BCUT2D eigenvalue weighted by atomic mass is 10.0. The molecule has 0 bridgehead atoms. The molecule has 6 rings (SSSR count). The fourth-order valence-electron chi connectivity index (χ4n) is 4.61. The van der Waals surface area contributed by atoms with Crippen molar-refractivity contribution in [2.75, 3.05) is 32.0 Å². The van der Waals surface area contributed by atoms with Crippen LogP contribution in [0.3, 0.4) is 0 Å². The minimum Gasteiger partial charge on any atom is -0.355 e. The van der Waals surface area contributed by atoms with Gasteiger partial charge in [0, 0.05) is 55.2 Å². The Morgan fingerprint density at radius 1 is 1.00 bits per heavy atom. The summed E-state index contributed by atoms with van der Waals surface area (Å²) in [5.74, 6) is -0.183. The number of halogens is 1. The third-order valence-corrected chi connectivity index (χ3v) is 7.45. The number of nitrogens with one attached hydrogen (secondary N) is 1. The number of amides is 1. The molecule has 1 N–H and O–H groups in total. The molecule has 6 nitrogen and oxygen atoms in total. The second kappa shape index (κ2) is 9.29. The van der Waals surface area contributed by atoms with Crippen LogP contribution in [0.5, 0.6) is 0 Å². The average Bonchev–Trinajstić information content (AvgIpc) is 3.34. The summed E-state index contributed by atoms with van der Waals surface area (Å²) in [4.78, 5) is 24.7. The minimum atomic E-state index is -0.279. The van der Waals surface area contributed by atoms with E-state index in [2.05, 4.69) is 26.3 Å². The maximum atomic E-state index is 15.2. The summed E-state index contributed by atoms with van der Waals surface area (Å²) in [5.41, 5.74) is 7.63. The number of fused-ring (bicyclic) bond motifs is 2. The van der Waals surface area contributed by atoms with Gasteiger partial charge in [0.25, 0.3) is 0 Å². The van der Waals surface area contributed by atoms with Crippen LogP contribution in [-0.4, -0.2) is 52.4 Å². The van der Waals surface area contributed by atoms with E-state index in [1.165, 1.54) is 0 Å². The Labute approximate surface area is 212 Å². The van der Waals surface area contributed by atoms with Crippen LogP contribution in [0.1, 0.15) is 5.56 Å². The van der Waals surface area contributed by atoms with Gasteiger partial charge < -0.3 is 10.2 Å². The Morgan fingerprint density at radius 2 is 1.92 bits per heavy atom. The topological polar surface area (TPSA) is 61.4 Å². The van der Waals surface area contributed by atoms with Gasteiger partial charge in [0.15, 0.2) is 0 Å². The molecule has 1 aliphatic rings. The Morgan fingerprint density at radius 3 is 2.78 bits per heavy atom. The molecule has 36 heavy (non-hydrogen) atoms. The van der Waals surface area contributed by atoms with E-state index in [1.807, 2.05) is 61.1 Å². The SMILES string of the molecule is CN1CCN(Cc2ccc(-c3ccc4c(Nc5ccc6scnc6c5)ccnc4c3)c(F)c2)CC1=O. The summed E-state index contributed by atoms with van der Waals surface area (Å²) in [7, 11) is 1.81. The quantitative estimate of drug-likeness (QED) is 0.339. The molecule has 0 saturated carbocycles. The van der Waals surface area contributed by atoms with Crippen molar-refractivity contribution in [3.8, 4) is 11.1 Å². The average molecular weight is 498 g/mol. The lowest BCUT2D eigenvalue weighted by molar-refractivity contribution is -0.134. The van der Waals surface area contributed by atoms with Gasteiger partial charge in [-0.2, -0.15) is 0 Å². The molecule has 0 unspecified atom stereocenters. The van der Waals surface area contributed by atoms with Crippen molar-refractivity contribution >= 4 is 49.7 Å². The molecule has 0 radical (unpaired) electrons. The summed E-state index contributed by atoms with van der Waals surface area (Å²) < 4.78 is 16.3. The van der Waals surface area contributed by atoms with Gasteiger partial charge in [0.2, 0.25) is 5.91 Å². The summed E-state index contributed by atoms with van der Waals surface area (Å²) in [5, 5.41) is 4.43. The number of pyridine rings is 1.